The minimum Gasteiger partial charge on any atom is -0.374 e. The largest absolute Gasteiger partial charge is 0.374 e. The maximum Gasteiger partial charge on any atom is 0.269 e. The molecule has 3 rings (SSSR count). The van der Waals surface area contributed by atoms with E-state index in [-0.39, 0.29) is 5.56 Å². The molecule has 2 heterocycles. The molecule has 0 radical (unpaired) electrons. The van der Waals surface area contributed by atoms with Crippen LogP contribution in [0.25, 0.3) is 11.0 Å². The van der Waals surface area contributed by atoms with E-state index < -0.39 is 0 Å². The monoisotopic (exact) mass is 301 g/mol. The molecule has 0 spiro atoms. The van der Waals surface area contributed by atoms with E-state index in [2.05, 4.69) is 26.8 Å². The van der Waals surface area contributed by atoms with E-state index in [1.807, 2.05) is 24.3 Å². The van der Waals surface area contributed by atoms with Crippen molar-refractivity contribution in [3.63, 3.8) is 0 Å². The predicted octanol–water partition coefficient (Wildman–Crippen LogP) is 2.12. The van der Waals surface area contributed by atoms with Crippen LogP contribution < -0.4 is 10.9 Å². The second-order valence-corrected chi connectivity index (χ2v) is 5.40. The minimum atomic E-state index is -0.136. The topological polar surface area (TPSA) is 72.7 Å². The van der Waals surface area contributed by atoms with Crippen molar-refractivity contribution >= 4 is 27.6 Å². The molecule has 7 heteroatoms. The molecule has 0 saturated carbocycles. The summed E-state index contributed by atoms with van der Waals surface area (Å²) in [6.07, 6.45) is 2.37. The highest BCUT2D eigenvalue weighted by molar-refractivity contribution is 7.10. The summed E-state index contributed by atoms with van der Waals surface area (Å²) < 4.78 is 5.66. The normalized spacial score (nSPS) is 10.9. The van der Waals surface area contributed by atoms with Crippen molar-refractivity contribution in [3.8, 4) is 0 Å². The Balaban J connectivity index is 2.00. The van der Waals surface area contributed by atoms with Gasteiger partial charge in [0.1, 0.15) is 10.7 Å². The van der Waals surface area contributed by atoms with Gasteiger partial charge in [-0.1, -0.05) is 23.5 Å². The van der Waals surface area contributed by atoms with E-state index in [4.69, 9.17) is 0 Å². The van der Waals surface area contributed by atoms with Gasteiger partial charge < -0.3 is 5.32 Å². The average Bonchev–Trinajstić information content (AvgIpc) is 2.95. The number of nitrogens with zero attached hydrogens (tertiary/aromatic N) is 4. The molecule has 1 N–H and O–H groups in total. The van der Waals surface area contributed by atoms with Gasteiger partial charge >= 0.3 is 0 Å². The lowest BCUT2D eigenvalue weighted by Gasteiger charge is -2.09. The Morgan fingerprint density at radius 1 is 1.33 bits per heavy atom. The Labute approximate surface area is 125 Å². The number of nitrogens with one attached hydrogen (secondary N) is 1. The van der Waals surface area contributed by atoms with Gasteiger partial charge in [-0.3, -0.25) is 9.36 Å². The SMILES string of the molecule is CCCNc1snnc1Cn1c(=O)cnc2ccccc21. The van der Waals surface area contributed by atoms with Crippen LogP contribution in [0.15, 0.2) is 35.3 Å². The third-order valence-electron chi connectivity index (χ3n) is 3.15. The standard InChI is InChI=1S/C14H15N5OS/c1-2-7-15-14-11(17-18-21-14)9-19-12-6-4-3-5-10(12)16-8-13(19)20/h3-6,8,15H,2,7,9H2,1H3. The number of aromatic nitrogens is 4. The van der Waals surface area contributed by atoms with Crippen molar-refractivity contribution in [2.24, 2.45) is 0 Å². The van der Waals surface area contributed by atoms with Crippen LogP contribution in [0.4, 0.5) is 5.00 Å². The highest BCUT2D eigenvalue weighted by Crippen LogP contribution is 2.19. The molecular weight excluding hydrogens is 286 g/mol. The molecular formula is C14H15N5OS. The van der Waals surface area contributed by atoms with Gasteiger partial charge in [0, 0.05) is 18.1 Å². The van der Waals surface area contributed by atoms with Gasteiger partial charge in [0.2, 0.25) is 0 Å². The summed E-state index contributed by atoms with van der Waals surface area (Å²) in [5, 5.41) is 8.35. The zero-order chi connectivity index (χ0) is 14.7. The Kier molecular flexibility index (Phi) is 3.92. The van der Waals surface area contributed by atoms with E-state index in [1.54, 1.807) is 4.57 Å². The summed E-state index contributed by atoms with van der Waals surface area (Å²) in [5.74, 6) is 0. The molecule has 0 bridgehead atoms. The maximum atomic E-state index is 12.1. The van der Waals surface area contributed by atoms with Crippen LogP contribution in [-0.2, 0) is 6.54 Å². The zero-order valence-corrected chi connectivity index (χ0v) is 12.4. The molecule has 0 aliphatic carbocycles. The summed E-state index contributed by atoms with van der Waals surface area (Å²) in [6, 6.07) is 7.59. The number of anilines is 1. The smallest absolute Gasteiger partial charge is 0.269 e. The first-order chi connectivity index (χ1) is 10.3. The van der Waals surface area contributed by atoms with Crippen LogP contribution >= 0.6 is 11.5 Å². The molecule has 108 valence electrons. The maximum absolute atomic E-state index is 12.1. The molecule has 0 fully saturated rings. The summed E-state index contributed by atoms with van der Waals surface area (Å²) in [5.41, 5.74) is 2.25. The van der Waals surface area contributed by atoms with Gasteiger partial charge in [-0.25, -0.2) is 4.98 Å². The summed E-state index contributed by atoms with van der Waals surface area (Å²) in [4.78, 5) is 16.3. The third-order valence-corrected chi connectivity index (χ3v) is 3.88. The van der Waals surface area contributed by atoms with E-state index in [0.717, 1.165) is 34.7 Å². The molecule has 0 amide bonds. The van der Waals surface area contributed by atoms with Gasteiger partial charge in [0.15, 0.2) is 0 Å². The second kappa shape index (κ2) is 6.01. The minimum absolute atomic E-state index is 0.136. The van der Waals surface area contributed by atoms with E-state index in [9.17, 15) is 4.79 Å². The number of hydrogen-bond donors (Lipinski definition) is 1. The van der Waals surface area contributed by atoms with E-state index in [0.29, 0.717) is 6.54 Å². The fraction of sp³-hybridized carbons (Fsp3) is 0.286. The second-order valence-electron chi connectivity index (χ2n) is 4.65. The molecule has 2 aromatic heterocycles. The molecule has 0 atom stereocenters. The predicted molar refractivity (Wildman–Crippen MR) is 83.8 cm³/mol. The number of hydrogen-bond acceptors (Lipinski definition) is 6. The first-order valence-electron chi connectivity index (χ1n) is 6.79. The lowest BCUT2D eigenvalue weighted by atomic mass is 10.3. The molecule has 21 heavy (non-hydrogen) atoms. The van der Waals surface area contributed by atoms with Crippen LogP contribution in [0.3, 0.4) is 0 Å². The van der Waals surface area contributed by atoms with Crippen molar-refractivity contribution in [1.82, 2.24) is 19.1 Å². The molecule has 0 aliphatic heterocycles. The van der Waals surface area contributed by atoms with E-state index >= 15 is 0 Å². The van der Waals surface area contributed by atoms with Crippen molar-refractivity contribution in [2.45, 2.75) is 19.9 Å². The van der Waals surface area contributed by atoms with Crippen LogP contribution in [-0.4, -0.2) is 25.7 Å². The van der Waals surface area contributed by atoms with Crippen molar-refractivity contribution in [1.29, 1.82) is 0 Å². The molecule has 6 nitrogen and oxygen atoms in total. The molecule has 0 aliphatic rings. The summed E-state index contributed by atoms with van der Waals surface area (Å²) in [6.45, 7) is 3.36. The quantitative estimate of drug-likeness (QED) is 0.781. The summed E-state index contributed by atoms with van der Waals surface area (Å²) >= 11 is 1.32. The van der Waals surface area contributed by atoms with Gasteiger partial charge in [-0.2, -0.15) is 0 Å². The molecule has 1 aromatic carbocycles. The fourth-order valence-electron chi connectivity index (χ4n) is 2.11. The van der Waals surface area contributed by atoms with Gasteiger partial charge in [-0.05, 0) is 18.6 Å². The summed E-state index contributed by atoms with van der Waals surface area (Å²) in [7, 11) is 0. The Hall–Kier alpha value is -2.28. The van der Waals surface area contributed by atoms with Crippen LogP contribution in [0.2, 0.25) is 0 Å². The Morgan fingerprint density at radius 2 is 2.19 bits per heavy atom. The van der Waals surface area contributed by atoms with Crippen molar-refractivity contribution in [2.75, 3.05) is 11.9 Å². The number of rotatable bonds is 5. The third kappa shape index (κ3) is 2.78. The molecule has 0 unspecified atom stereocenters. The number of fused-ring (bicyclic) bond motifs is 1. The average molecular weight is 301 g/mol. The lowest BCUT2D eigenvalue weighted by Crippen LogP contribution is -2.21. The van der Waals surface area contributed by atoms with Crippen molar-refractivity contribution < 1.29 is 0 Å². The first-order valence-corrected chi connectivity index (χ1v) is 7.56. The fourth-order valence-corrected chi connectivity index (χ4v) is 2.71. The first kappa shape index (κ1) is 13.7. The highest BCUT2D eigenvalue weighted by atomic mass is 32.1. The van der Waals surface area contributed by atoms with E-state index in [1.165, 1.54) is 17.7 Å². The van der Waals surface area contributed by atoms with Crippen LogP contribution in [0.1, 0.15) is 19.0 Å². The Morgan fingerprint density at radius 3 is 3.05 bits per heavy atom. The molecule has 3 aromatic rings. The number of para-hydroxylation sites is 2. The zero-order valence-electron chi connectivity index (χ0n) is 11.6. The van der Waals surface area contributed by atoms with Crippen LogP contribution in [0.5, 0.6) is 0 Å². The van der Waals surface area contributed by atoms with Crippen LogP contribution in [0, 0.1) is 0 Å². The van der Waals surface area contributed by atoms with Crippen molar-refractivity contribution in [3.05, 3.63) is 46.5 Å². The van der Waals surface area contributed by atoms with Gasteiger partial charge in [0.25, 0.3) is 5.56 Å². The molecule has 0 saturated heterocycles. The van der Waals surface area contributed by atoms with Gasteiger partial charge in [0.05, 0.1) is 23.8 Å². The Bertz CT molecular complexity index is 810. The number of benzene rings is 1. The lowest BCUT2D eigenvalue weighted by molar-refractivity contribution is 0.760. The highest BCUT2D eigenvalue weighted by Gasteiger charge is 2.11. The van der Waals surface area contributed by atoms with Gasteiger partial charge in [-0.15, -0.1) is 5.10 Å².